The standard InChI is InChI=1S/C13H22N4O/c1-9-4-11(3)17(15-9)8-13(18)16-7-12(6-14)5-10(16)2/h4,10,12H,5-8,14H2,1-3H3. The molecule has 2 atom stereocenters. The molecule has 0 saturated carbocycles. The average molecular weight is 250 g/mol. The minimum atomic E-state index is 0.143. The van der Waals surface area contributed by atoms with E-state index in [0.29, 0.717) is 25.0 Å². The Labute approximate surface area is 108 Å². The van der Waals surface area contributed by atoms with E-state index in [9.17, 15) is 4.79 Å². The number of hydrogen-bond donors (Lipinski definition) is 1. The Bertz CT molecular complexity index is 440. The largest absolute Gasteiger partial charge is 0.338 e. The van der Waals surface area contributed by atoms with E-state index in [1.807, 2.05) is 24.8 Å². The van der Waals surface area contributed by atoms with Crippen molar-refractivity contribution in [2.75, 3.05) is 13.1 Å². The number of rotatable bonds is 3. The summed E-state index contributed by atoms with van der Waals surface area (Å²) in [6.07, 6.45) is 1.01. The third-order valence-electron chi connectivity index (χ3n) is 3.70. The Hall–Kier alpha value is -1.36. The van der Waals surface area contributed by atoms with E-state index in [2.05, 4.69) is 12.0 Å². The lowest BCUT2D eigenvalue weighted by atomic mass is 10.1. The van der Waals surface area contributed by atoms with E-state index in [-0.39, 0.29) is 5.91 Å². The van der Waals surface area contributed by atoms with Crippen molar-refractivity contribution in [3.05, 3.63) is 17.5 Å². The van der Waals surface area contributed by atoms with Crippen LogP contribution in [0.4, 0.5) is 0 Å². The van der Waals surface area contributed by atoms with Crippen LogP contribution in [0, 0.1) is 19.8 Å². The zero-order valence-corrected chi connectivity index (χ0v) is 11.4. The van der Waals surface area contributed by atoms with Gasteiger partial charge < -0.3 is 10.6 Å². The SMILES string of the molecule is Cc1cc(C)n(CC(=O)N2CC(CN)CC2C)n1. The third kappa shape index (κ3) is 2.56. The van der Waals surface area contributed by atoms with Crippen LogP contribution in [-0.4, -0.2) is 39.7 Å². The molecule has 0 aliphatic carbocycles. The molecule has 100 valence electrons. The van der Waals surface area contributed by atoms with Crippen LogP contribution in [0.25, 0.3) is 0 Å². The molecule has 18 heavy (non-hydrogen) atoms. The maximum atomic E-state index is 12.3. The van der Waals surface area contributed by atoms with Crippen molar-refractivity contribution in [1.82, 2.24) is 14.7 Å². The molecule has 1 aliphatic rings. The van der Waals surface area contributed by atoms with E-state index in [0.717, 1.165) is 24.4 Å². The van der Waals surface area contributed by atoms with Gasteiger partial charge in [0.25, 0.3) is 0 Å². The van der Waals surface area contributed by atoms with Crippen LogP contribution in [0.5, 0.6) is 0 Å². The lowest BCUT2D eigenvalue weighted by molar-refractivity contribution is -0.132. The molecule has 2 unspecified atom stereocenters. The summed E-state index contributed by atoms with van der Waals surface area (Å²) in [5, 5.41) is 4.33. The van der Waals surface area contributed by atoms with Crippen LogP contribution in [0.2, 0.25) is 0 Å². The fourth-order valence-electron chi connectivity index (χ4n) is 2.71. The molecule has 1 aliphatic heterocycles. The van der Waals surface area contributed by atoms with Crippen LogP contribution in [0.1, 0.15) is 24.7 Å². The Morgan fingerprint density at radius 2 is 2.28 bits per heavy atom. The topological polar surface area (TPSA) is 64.2 Å². The van der Waals surface area contributed by atoms with E-state index in [4.69, 9.17) is 5.73 Å². The van der Waals surface area contributed by atoms with Crippen molar-refractivity contribution in [3.63, 3.8) is 0 Å². The maximum absolute atomic E-state index is 12.3. The van der Waals surface area contributed by atoms with Crippen molar-refractivity contribution in [2.24, 2.45) is 11.7 Å². The van der Waals surface area contributed by atoms with Gasteiger partial charge in [-0.1, -0.05) is 0 Å². The van der Waals surface area contributed by atoms with Gasteiger partial charge in [0, 0.05) is 18.3 Å². The van der Waals surface area contributed by atoms with Gasteiger partial charge >= 0.3 is 0 Å². The lowest BCUT2D eigenvalue weighted by Gasteiger charge is -2.21. The first-order valence-corrected chi connectivity index (χ1v) is 6.52. The minimum absolute atomic E-state index is 0.143. The number of hydrogen-bond acceptors (Lipinski definition) is 3. The first-order valence-electron chi connectivity index (χ1n) is 6.52. The molecule has 2 N–H and O–H groups in total. The van der Waals surface area contributed by atoms with Crippen LogP contribution in [0.15, 0.2) is 6.07 Å². The molecule has 1 aromatic heterocycles. The summed E-state index contributed by atoms with van der Waals surface area (Å²) in [6, 6.07) is 2.28. The van der Waals surface area contributed by atoms with Gasteiger partial charge in [0.15, 0.2) is 0 Å². The highest BCUT2D eigenvalue weighted by atomic mass is 16.2. The zero-order valence-electron chi connectivity index (χ0n) is 11.4. The summed E-state index contributed by atoms with van der Waals surface area (Å²) >= 11 is 0. The average Bonchev–Trinajstić information content (AvgIpc) is 2.82. The number of carbonyl (C=O) groups excluding carboxylic acids is 1. The highest BCUT2D eigenvalue weighted by Crippen LogP contribution is 2.22. The smallest absolute Gasteiger partial charge is 0.244 e. The molecule has 1 saturated heterocycles. The second-order valence-corrected chi connectivity index (χ2v) is 5.32. The van der Waals surface area contributed by atoms with Crippen LogP contribution >= 0.6 is 0 Å². The normalized spacial score (nSPS) is 23.7. The first kappa shape index (κ1) is 13.1. The molecular weight excluding hydrogens is 228 g/mol. The molecule has 2 heterocycles. The summed E-state index contributed by atoms with van der Waals surface area (Å²) in [4.78, 5) is 14.2. The molecule has 5 heteroatoms. The molecule has 0 bridgehead atoms. The Morgan fingerprint density at radius 1 is 1.56 bits per heavy atom. The van der Waals surface area contributed by atoms with Crippen molar-refractivity contribution < 1.29 is 4.79 Å². The van der Waals surface area contributed by atoms with Gasteiger partial charge in [0.1, 0.15) is 6.54 Å². The number of aromatic nitrogens is 2. The van der Waals surface area contributed by atoms with Crippen molar-refractivity contribution in [1.29, 1.82) is 0 Å². The number of likely N-dealkylation sites (tertiary alicyclic amines) is 1. The van der Waals surface area contributed by atoms with Crippen LogP contribution in [0.3, 0.4) is 0 Å². The predicted octanol–water partition coefficient (Wildman–Crippen LogP) is 0.696. The summed E-state index contributed by atoms with van der Waals surface area (Å²) in [7, 11) is 0. The van der Waals surface area contributed by atoms with Gasteiger partial charge in [-0.15, -0.1) is 0 Å². The second kappa shape index (κ2) is 5.10. The van der Waals surface area contributed by atoms with E-state index in [1.54, 1.807) is 4.68 Å². The second-order valence-electron chi connectivity index (χ2n) is 5.32. The highest BCUT2D eigenvalue weighted by Gasteiger charge is 2.31. The summed E-state index contributed by atoms with van der Waals surface area (Å²) in [6.45, 7) is 7.79. The van der Waals surface area contributed by atoms with Gasteiger partial charge in [-0.05, 0) is 45.7 Å². The molecule has 1 fully saturated rings. The Balaban J connectivity index is 2.02. The van der Waals surface area contributed by atoms with E-state index in [1.165, 1.54) is 0 Å². The molecule has 1 amide bonds. The van der Waals surface area contributed by atoms with Gasteiger partial charge in [-0.2, -0.15) is 5.10 Å². The van der Waals surface area contributed by atoms with Gasteiger partial charge in [0.05, 0.1) is 5.69 Å². The zero-order chi connectivity index (χ0) is 13.3. The van der Waals surface area contributed by atoms with Crippen molar-refractivity contribution >= 4 is 5.91 Å². The maximum Gasteiger partial charge on any atom is 0.244 e. The third-order valence-corrected chi connectivity index (χ3v) is 3.70. The highest BCUT2D eigenvalue weighted by molar-refractivity contribution is 5.76. The first-order chi connectivity index (χ1) is 8.51. The number of amides is 1. The molecule has 0 aromatic carbocycles. The van der Waals surface area contributed by atoms with E-state index < -0.39 is 0 Å². The number of carbonyl (C=O) groups is 1. The summed E-state index contributed by atoms with van der Waals surface area (Å²) in [5.41, 5.74) is 7.67. The quantitative estimate of drug-likeness (QED) is 0.858. The van der Waals surface area contributed by atoms with Crippen LogP contribution < -0.4 is 5.73 Å². The van der Waals surface area contributed by atoms with Gasteiger partial charge in [-0.3, -0.25) is 9.48 Å². The van der Waals surface area contributed by atoms with Crippen LogP contribution in [-0.2, 0) is 11.3 Å². The molecule has 0 spiro atoms. The predicted molar refractivity (Wildman–Crippen MR) is 70.0 cm³/mol. The Morgan fingerprint density at radius 3 is 2.78 bits per heavy atom. The molecule has 0 radical (unpaired) electrons. The van der Waals surface area contributed by atoms with E-state index >= 15 is 0 Å². The lowest BCUT2D eigenvalue weighted by Crippen LogP contribution is -2.37. The molecule has 2 rings (SSSR count). The minimum Gasteiger partial charge on any atom is -0.338 e. The summed E-state index contributed by atoms with van der Waals surface area (Å²) in [5.74, 6) is 0.592. The number of aryl methyl sites for hydroxylation is 2. The van der Waals surface area contributed by atoms with Crippen molar-refractivity contribution in [3.8, 4) is 0 Å². The fraction of sp³-hybridized carbons (Fsp3) is 0.692. The van der Waals surface area contributed by atoms with Gasteiger partial charge in [0.2, 0.25) is 5.91 Å². The fourth-order valence-corrected chi connectivity index (χ4v) is 2.71. The summed E-state index contributed by atoms with van der Waals surface area (Å²) < 4.78 is 1.78. The Kier molecular flexibility index (Phi) is 3.71. The number of nitrogens with zero attached hydrogens (tertiary/aromatic N) is 3. The molecule has 1 aromatic rings. The van der Waals surface area contributed by atoms with Gasteiger partial charge in [-0.25, -0.2) is 0 Å². The number of nitrogens with two attached hydrogens (primary N) is 1. The monoisotopic (exact) mass is 250 g/mol. The molecular formula is C13H22N4O. The van der Waals surface area contributed by atoms with Crippen molar-refractivity contribution in [2.45, 2.75) is 39.8 Å². The molecule has 5 nitrogen and oxygen atoms in total.